The van der Waals surface area contributed by atoms with Gasteiger partial charge < -0.3 is 20.5 Å². The van der Waals surface area contributed by atoms with Gasteiger partial charge in [-0.25, -0.2) is 4.79 Å². The van der Waals surface area contributed by atoms with Crippen molar-refractivity contribution in [1.29, 1.82) is 0 Å². The summed E-state index contributed by atoms with van der Waals surface area (Å²) in [5.74, 6) is -1.71. The third-order valence-electron chi connectivity index (χ3n) is 3.90. The largest absolute Gasteiger partial charge is 0.481 e. The molecule has 3 N–H and O–H groups in total. The molecule has 0 unspecified atom stereocenters. The number of ether oxygens (including phenoxy) is 2. The highest BCUT2D eigenvalue weighted by atomic mass is 16.6. The molecule has 7 heteroatoms. The Kier molecular flexibility index (Phi) is 5.86. The predicted molar refractivity (Wildman–Crippen MR) is 104 cm³/mol. The molecule has 0 bridgehead atoms. The average Bonchev–Trinajstić information content (AvgIpc) is 2.70. The van der Waals surface area contributed by atoms with E-state index in [2.05, 4.69) is 5.32 Å². The van der Waals surface area contributed by atoms with Crippen LogP contribution in [0.25, 0.3) is 10.8 Å². The fraction of sp³-hybridized carbons (Fsp3) is 0.0952. The minimum atomic E-state index is -0.743. The zero-order valence-electron chi connectivity index (χ0n) is 14.9. The van der Waals surface area contributed by atoms with Crippen LogP contribution in [0.15, 0.2) is 66.7 Å². The van der Waals surface area contributed by atoms with Crippen molar-refractivity contribution in [2.75, 3.05) is 18.5 Å². The second kappa shape index (κ2) is 8.68. The zero-order valence-corrected chi connectivity index (χ0v) is 14.9. The van der Waals surface area contributed by atoms with Crippen molar-refractivity contribution in [3.8, 4) is 5.75 Å². The molecule has 2 amide bonds. The molecule has 142 valence electrons. The van der Waals surface area contributed by atoms with E-state index in [1.54, 1.807) is 18.2 Å². The number of fused-ring (bicyclic) bond motifs is 1. The first-order valence-corrected chi connectivity index (χ1v) is 8.49. The first kappa shape index (κ1) is 18.9. The predicted octanol–water partition coefficient (Wildman–Crippen LogP) is 2.50. The molecule has 0 saturated heterocycles. The lowest BCUT2D eigenvalue weighted by Crippen LogP contribution is -2.24. The number of anilines is 1. The third-order valence-corrected chi connectivity index (χ3v) is 3.90. The van der Waals surface area contributed by atoms with Crippen LogP contribution in [0.3, 0.4) is 0 Å². The molecule has 0 aliphatic rings. The molecule has 0 fully saturated rings. The summed E-state index contributed by atoms with van der Waals surface area (Å²) in [5.41, 5.74) is 6.00. The highest BCUT2D eigenvalue weighted by molar-refractivity contribution is 5.96. The number of hydrogen-bond donors (Lipinski definition) is 2. The third kappa shape index (κ3) is 4.85. The number of nitrogens with one attached hydrogen (secondary N) is 1. The number of amides is 2. The molecule has 0 heterocycles. The van der Waals surface area contributed by atoms with Crippen molar-refractivity contribution in [1.82, 2.24) is 0 Å². The van der Waals surface area contributed by atoms with Crippen LogP contribution in [0, 0.1) is 0 Å². The smallest absolute Gasteiger partial charge is 0.344 e. The number of nitrogens with two attached hydrogens (primary N) is 1. The second-order valence-electron chi connectivity index (χ2n) is 5.92. The minimum absolute atomic E-state index is 0.157. The molecule has 3 aromatic carbocycles. The summed E-state index contributed by atoms with van der Waals surface area (Å²) in [4.78, 5) is 35.1. The number of esters is 1. The Labute approximate surface area is 161 Å². The van der Waals surface area contributed by atoms with Gasteiger partial charge in [-0.15, -0.1) is 0 Å². The van der Waals surface area contributed by atoms with Crippen molar-refractivity contribution >= 4 is 34.2 Å². The van der Waals surface area contributed by atoms with E-state index in [1.807, 2.05) is 36.4 Å². The molecular formula is C21H18N2O5. The van der Waals surface area contributed by atoms with Gasteiger partial charge in [-0.1, -0.05) is 42.5 Å². The molecule has 0 saturated carbocycles. The molecule has 3 rings (SSSR count). The molecular weight excluding hydrogens is 360 g/mol. The number of rotatable bonds is 7. The Bertz CT molecular complexity index is 1030. The molecule has 3 aromatic rings. The van der Waals surface area contributed by atoms with Gasteiger partial charge in [0.05, 0.1) is 5.56 Å². The minimum Gasteiger partial charge on any atom is -0.481 e. The van der Waals surface area contributed by atoms with Gasteiger partial charge in [0.25, 0.3) is 11.8 Å². The molecule has 0 aliphatic heterocycles. The van der Waals surface area contributed by atoms with E-state index >= 15 is 0 Å². The van der Waals surface area contributed by atoms with Gasteiger partial charge in [0.15, 0.2) is 13.2 Å². The second-order valence-corrected chi connectivity index (χ2v) is 5.92. The summed E-state index contributed by atoms with van der Waals surface area (Å²) in [6.07, 6.45) is 0. The normalized spacial score (nSPS) is 10.3. The van der Waals surface area contributed by atoms with Crippen LogP contribution in [0.4, 0.5) is 5.69 Å². The van der Waals surface area contributed by atoms with E-state index in [1.165, 1.54) is 12.1 Å². The SMILES string of the molecule is NC(=O)c1ccccc1OCC(=O)OCC(=O)Nc1ccc2ccccc2c1. The van der Waals surface area contributed by atoms with E-state index < -0.39 is 31.0 Å². The first-order valence-electron chi connectivity index (χ1n) is 8.49. The van der Waals surface area contributed by atoms with Crippen LogP contribution in [0.5, 0.6) is 5.75 Å². The van der Waals surface area contributed by atoms with Crippen LogP contribution >= 0.6 is 0 Å². The molecule has 28 heavy (non-hydrogen) atoms. The van der Waals surface area contributed by atoms with E-state index in [0.29, 0.717) is 5.69 Å². The lowest BCUT2D eigenvalue weighted by molar-refractivity contribution is -0.149. The Hall–Kier alpha value is -3.87. The summed E-state index contributed by atoms with van der Waals surface area (Å²) < 4.78 is 10.1. The summed E-state index contributed by atoms with van der Waals surface area (Å²) >= 11 is 0. The standard InChI is InChI=1S/C21H18N2O5/c22-21(26)17-7-3-4-8-18(17)27-13-20(25)28-12-19(24)23-16-10-9-14-5-1-2-6-15(14)11-16/h1-11H,12-13H2,(H2,22,26)(H,23,24). The molecule has 0 aliphatic carbocycles. The van der Waals surface area contributed by atoms with Gasteiger partial charge >= 0.3 is 5.97 Å². The summed E-state index contributed by atoms with van der Waals surface area (Å²) in [6.45, 7) is -0.903. The van der Waals surface area contributed by atoms with Crippen LogP contribution in [0.2, 0.25) is 0 Å². The highest BCUT2D eigenvalue weighted by Gasteiger charge is 2.12. The molecule has 0 spiro atoms. The summed E-state index contributed by atoms with van der Waals surface area (Å²) in [6, 6.07) is 19.5. The van der Waals surface area contributed by atoms with Crippen LogP contribution in [-0.2, 0) is 14.3 Å². The molecule has 0 atom stereocenters. The van der Waals surface area contributed by atoms with E-state index in [4.69, 9.17) is 15.2 Å². The van der Waals surface area contributed by atoms with Gasteiger partial charge in [-0.2, -0.15) is 0 Å². The van der Waals surface area contributed by atoms with Crippen molar-refractivity contribution < 1.29 is 23.9 Å². The quantitative estimate of drug-likeness (QED) is 0.614. The molecule has 7 nitrogen and oxygen atoms in total. The van der Waals surface area contributed by atoms with E-state index in [0.717, 1.165) is 10.8 Å². The maximum Gasteiger partial charge on any atom is 0.344 e. The van der Waals surface area contributed by atoms with Crippen LogP contribution in [-0.4, -0.2) is 31.0 Å². The fourth-order valence-electron chi connectivity index (χ4n) is 2.58. The molecule has 0 aromatic heterocycles. The van der Waals surface area contributed by atoms with Gasteiger partial charge in [0, 0.05) is 5.69 Å². The monoisotopic (exact) mass is 378 g/mol. The van der Waals surface area contributed by atoms with Crippen molar-refractivity contribution in [2.24, 2.45) is 5.73 Å². The maximum absolute atomic E-state index is 12.0. The Morgan fingerprint density at radius 2 is 1.57 bits per heavy atom. The Balaban J connectivity index is 1.49. The Morgan fingerprint density at radius 1 is 0.857 bits per heavy atom. The van der Waals surface area contributed by atoms with Crippen LogP contribution < -0.4 is 15.8 Å². The average molecular weight is 378 g/mol. The number of benzene rings is 3. The number of para-hydroxylation sites is 1. The number of carbonyl (C=O) groups excluding carboxylic acids is 3. The van der Waals surface area contributed by atoms with Crippen molar-refractivity contribution in [2.45, 2.75) is 0 Å². The fourth-order valence-corrected chi connectivity index (χ4v) is 2.58. The van der Waals surface area contributed by atoms with Crippen molar-refractivity contribution in [3.63, 3.8) is 0 Å². The van der Waals surface area contributed by atoms with E-state index in [9.17, 15) is 14.4 Å². The number of primary amides is 1. The summed E-state index contributed by atoms with van der Waals surface area (Å²) in [7, 11) is 0. The van der Waals surface area contributed by atoms with Crippen molar-refractivity contribution in [3.05, 3.63) is 72.3 Å². The van der Waals surface area contributed by atoms with Gasteiger partial charge in [-0.3, -0.25) is 9.59 Å². The van der Waals surface area contributed by atoms with Gasteiger partial charge in [0.2, 0.25) is 0 Å². The van der Waals surface area contributed by atoms with Gasteiger partial charge in [0.1, 0.15) is 5.75 Å². The highest BCUT2D eigenvalue weighted by Crippen LogP contribution is 2.19. The van der Waals surface area contributed by atoms with E-state index in [-0.39, 0.29) is 11.3 Å². The topological polar surface area (TPSA) is 108 Å². The maximum atomic E-state index is 12.0. The van der Waals surface area contributed by atoms with Gasteiger partial charge in [-0.05, 0) is 35.0 Å². The number of hydrogen-bond acceptors (Lipinski definition) is 5. The lowest BCUT2D eigenvalue weighted by Gasteiger charge is -2.10. The first-order chi connectivity index (χ1) is 13.5. The molecule has 0 radical (unpaired) electrons. The number of carbonyl (C=O) groups is 3. The lowest BCUT2D eigenvalue weighted by atomic mass is 10.1. The Morgan fingerprint density at radius 3 is 2.36 bits per heavy atom. The zero-order chi connectivity index (χ0) is 19.9. The summed E-state index contributed by atoms with van der Waals surface area (Å²) in [5, 5.41) is 4.71. The van der Waals surface area contributed by atoms with Crippen LogP contribution in [0.1, 0.15) is 10.4 Å².